The molecule has 1 atom stereocenters. The first-order valence-corrected chi connectivity index (χ1v) is 7.18. The van der Waals surface area contributed by atoms with E-state index in [0.717, 1.165) is 12.4 Å². The van der Waals surface area contributed by atoms with Crippen LogP contribution in [0.25, 0.3) is 0 Å². The second-order valence-electron chi connectivity index (χ2n) is 5.12. The van der Waals surface area contributed by atoms with E-state index < -0.39 is 0 Å². The predicted molar refractivity (Wildman–Crippen MR) is 77.0 cm³/mol. The van der Waals surface area contributed by atoms with E-state index in [0.29, 0.717) is 6.04 Å². The molecule has 0 radical (unpaired) electrons. The fraction of sp³-hybridized carbons (Fsp3) is 0.667. The van der Waals surface area contributed by atoms with Crippen LogP contribution < -0.4 is 4.90 Å². The molecule has 0 spiro atoms. The average Bonchev–Trinajstić information content (AvgIpc) is 2.86. The molecule has 1 saturated heterocycles. The number of likely N-dealkylation sites (tertiary alicyclic amines) is 1. The van der Waals surface area contributed by atoms with Crippen molar-refractivity contribution >= 4 is 5.82 Å². The van der Waals surface area contributed by atoms with Gasteiger partial charge in [0, 0.05) is 31.4 Å². The highest BCUT2D eigenvalue weighted by Gasteiger charge is 2.27. The van der Waals surface area contributed by atoms with Gasteiger partial charge < -0.3 is 4.90 Å². The number of nitrogens with zero attached hydrogens (tertiary/aromatic N) is 3. The van der Waals surface area contributed by atoms with E-state index in [2.05, 4.69) is 47.8 Å². The van der Waals surface area contributed by atoms with E-state index in [4.69, 9.17) is 0 Å². The lowest BCUT2D eigenvalue weighted by molar-refractivity contribution is 0.258. The highest BCUT2D eigenvalue weighted by molar-refractivity contribution is 5.48. The molecule has 0 aromatic carbocycles. The molecule has 3 nitrogen and oxygen atoms in total. The first-order valence-electron chi connectivity index (χ1n) is 7.18. The third kappa shape index (κ3) is 2.66. The van der Waals surface area contributed by atoms with Gasteiger partial charge in [0.1, 0.15) is 5.82 Å². The lowest BCUT2D eigenvalue weighted by atomic mass is 10.0. The van der Waals surface area contributed by atoms with Gasteiger partial charge in [-0.05, 0) is 45.3 Å². The molecule has 1 aromatic heterocycles. The zero-order chi connectivity index (χ0) is 13.0. The molecule has 0 saturated carbocycles. The summed E-state index contributed by atoms with van der Waals surface area (Å²) in [6, 6.07) is 4.90. The quantitative estimate of drug-likeness (QED) is 0.797. The Balaban J connectivity index is 2.26. The maximum Gasteiger partial charge on any atom is 0.133 e. The Morgan fingerprint density at radius 1 is 1.44 bits per heavy atom. The van der Waals surface area contributed by atoms with E-state index in [-0.39, 0.29) is 0 Å². The van der Waals surface area contributed by atoms with Crippen LogP contribution in [0.4, 0.5) is 5.82 Å². The molecule has 2 rings (SSSR count). The van der Waals surface area contributed by atoms with Gasteiger partial charge >= 0.3 is 0 Å². The number of rotatable bonds is 5. The Labute approximate surface area is 111 Å². The van der Waals surface area contributed by atoms with Gasteiger partial charge in [0.25, 0.3) is 0 Å². The first kappa shape index (κ1) is 13.3. The highest BCUT2D eigenvalue weighted by atomic mass is 15.2. The molecule has 18 heavy (non-hydrogen) atoms. The average molecular weight is 247 g/mol. The third-order valence-corrected chi connectivity index (χ3v) is 3.89. The van der Waals surface area contributed by atoms with E-state index in [1.54, 1.807) is 0 Å². The number of pyridine rings is 1. The molecule has 1 aliphatic rings. The van der Waals surface area contributed by atoms with Gasteiger partial charge in [0.05, 0.1) is 0 Å². The topological polar surface area (TPSA) is 19.4 Å². The fourth-order valence-corrected chi connectivity index (χ4v) is 2.87. The summed E-state index contributed by atoms with van der Waals surface area (Å²) >= 11 is 0. The van der Waals surface area contributed by atoms with Gasteiger partial charge in [-0.1, -0.05) is 13.0 Å². The Bertz CT molecular complexity index is 378. The summed E-state index contributed by atoms with van der Waals surface area (Å²) in [5, 5.41) is 0. The van der Waals surface area contributed by atoms with Crippen LogP contribution in [0.1, 0.15) is 44.7 Å². The van der Waals surface area contributed by atoms with Gasteiger partial charge in [0.15, 0.2) is 0 Å². The summed E-state index contributed by atoms with van der Waals surface area (Å²) in [4.78, 5) is 9.45. The molecule has 0 N–H and O–H groups in total. The highest BCUT2D eigenvalue weighted by Crippen LogP contribution is 2.35. The molecule has 2 heterocycles. The molecule has 0 unspecified atom stereocenters. The monoisotopic (exact) mass is 247 g/mol. The van der Waals surface area contributed by atoms with Crippen LogP contribution in [-0.4, -0.2) is 36.6 Å². The largest absolute Gasteiger partial charge is 0.360 e. The van der Waals surface area contributed by atoms with E-state index in [1.807, 2.05) is 6.20 Å². The summed E-state index contributed by atoms with van der Waals surface area (Å²) in [5.74, 6) is 1.16. The zero-order valence-corrected chi connectivity index (χ0v) is 11.9. The first-order chi connectivity index (χ1) is 8.77. The molecule has 0 aliphatic carbocycles. The van der Waals surface area contributed by atoms with Crippen molar-refractivity contribution < 1.29 is 0 Å². The van der Waals surface area contributed by atoms with Crippen molar-refractivity contribution in [2.24, 2.45) is 0 Å². The number of hydrogen-bond acceptors (Lipinski definition) is 3. The second kappa shape index (κ2) is 6.19. The molecule has 0 amide bonds. The normalized spacial score (nSPS) is 20.3. The third-order valence-electron chi connectivity index (χ3n) is 3.89. The molecule has 1 fully saturated rings. The summed E-state index contributed by atoms with van der Waals surface area (Å²) < 4.78 is 0. The maximum atomic E-state index is 4.59. The Morgan fingerprint density at radius 3 is 3.00 bits per heavy atom. The van der Waals surface area contributed by atoms with Gasteiger partial charge in [-0.15, -0.1) is 0 Å². The fourth-order valence-electron chi connectivity index (χ4n) is 2.87. The molecule has 1 aromatic rings. The SMILES string of the molecule is CCCN1CCC[C@@H]1c1cccnc1N(C)CC. The van der Waals surface area contributed by atoms with Crippen molar-refractivity contribution in [3.63, 3.8) is 0 Å². The Morgan fingerprint density at radius 2 is 2.28 bits per heavy atom. The molecular formula is C15H25N3. The lowest BCUT2D eigenvalue weighted by Gasteiger charge is -2.28. The van der Waals surface area contributed by atoms with E-state index >= 15 is 0 Å². The Kier molecular flexibility index (Phi) is 4.59. The van der Waals surface area contributed by atoms with Gasteiger partial charge in [-0.3, -0.25) is 4.90 Å². The van der Waals surface area contributed by atoms with Crippen molar-refractivity contribution in [1.82, 2.24) is 9.88 Å². The minimum atomic E-state index is 0.572. The van der Waals surface area contributed by atoms with Gasteiger partial charge in [0.2, 0.25) is 0 Å². The molecule has 100 valence electrons. The summed E-state index contributed by atoms with van der Waals surface area (Å²) in [7, 11) is 2.13. The summed E-state index contributed by atoms with van der Waals surface area (Å²) in [6.45, 7) is 7.89. The van der Waals surface area contributed by atoms with Crippen LogP contribution in [0.15, 0.2) is 18.3 Å². The minimum absolute atomic E-state index is 0.572. The van der Waals surface area contributed by atoms with Crippen LogP contribution >= 0.6 is 0 Å². The maximum absolute atomic E-state index is 4.59. The number of aromatic nitrogens is 1. The smallest absolute Gasteiger partial charge is 0.133 e. The minimum Gasteiger partial charge on any atom is -0.360 e. The molecule has 0 bridgehead atoms. The standard InChI is InChI=1S/C15H25N3/c1-4-11-18-12-7-9-14(18)13-8-6-10-16-15(13)17(3)5-2/h6,8,10,14H,4-5,7,9,11-12H2,1-3H3/t14-/m1/s1. The van der Waals surface area contributed by atoms with Crippen LogP contribution in [0.2, 0.25) is 0 Å². The van der Waals surface area contributed by atoms with Gasteiger partial charge in [-0.2, -0.15) is 0 Å². The van der Waals surface area contributed by atoms with Crippen molar-refractivity contribution in [3.8, 4) is 0 Å². The molecule has 1 aliphatic heterocycles. The molecular weight excluding hydrogens is 222 g/mol. The van der Waals surface area contributed by atoms with Gasteiger partial charge in [-0.25, -0.2) is 4.98 Å². The summed E-state index contributed by atoms with van der Waals surface area (Å²) in [5.41, 5.74) is 1.41. The van der Waals surface area contributed by atoms with E-state index in [9.17, 15) is 0 Å². The van der Waals surface area contributed by atoms with Crippen molar-refractivity contribution in [3.05, 3.63) is 23.9 Å². The summed E-state index contributed by atoms with van der Waals surface area (Å²) in [6.07, 6.45) is 5.73. The van der Waals surface area contributed by atoms with E-state index in [1.165, 1.54) is 37.9 Å². The number of hydrogen-bond donors (Lipinski definition) is 0. The van der Waals surface area contributed by atoms with Crippen molar-refractivity contribution in [2.75, 3.05) is 31.6 Å². The van der Waals surface area contributed by atoms with Crippen LogP contribution in [0.3, 0.4) is 0 Å². The Hall–Kier alpha value is -1.09. The second-order valence-corrected chi connectivity index (χ2v) is 5.12. The zero-order valence-electron chi connectivity index (χ0n) is 11.9. The molecule has 3 heteroatoms. The predicted octanol–water partition coefficient (Wildman–Crippen LogP) is 3.08. The van der Waals surface area contributed by atoms with Crippen LogP contribution in [0.5, 0.6) is 0 Å². The van der Waals surface area contributed by atoms with Crippen LogP contribution in [-0.2, 0) is 0 Å². The number of anilines is 1. The lowest BCUT2D eigenvalue weighted by Crippen LogP contribution is -2.27. The van der Waals surface area contributed by atoms with Crippen molar-refractivity contribution in [1.29, 1.82) is 0 Å². The van der Waals surface area contributed by atoms with Crippen LogP contribution in [0, 0.1) is 0 Å². The van der Waals surface area contributed by atoms with Crippen molar-refractivity contribution in [2.45, 2.75) is 39.2 Å².